The molecule has 184 valence electrons. The molecule has 0 unspecified atom stereocenters. The van der Waals surface area contributed by atoms with Crippen LogP contribution in [0.15, 0.2) is 33.7 Å². The Bertz CT molecular complexity index is 1150. The van der Waals surface area contributed by atoms with Gasteiger partial charge in [-0.25, -0.2) is 8.42 Å². The molecule has 1 N–H and O–H groups in total. The van der Waals surface area contributed by atoms with Crippen molar-refractivity contribution in [2.24, 2.45) is 0 Å². The molecule has 2 aliphatic rings. The Labute approximate surface area is 196 Å². The van der Waals surface area contributed by atoms with Crippen molar-refractivity contribution in [3.63, 3.8) is 0 Å². The van der Waals surface area contributed by atoms with Gasteiger partial charge in [-0.15, -0.1) is 0 Å². The van der Waals surface area contributed by atoms with Crippen molar-refractivity contribution >= 4 is 33.1 Å². The largest absolute Gasteiger partial charge is 0.379 e. The summed E-state index contributed by atoms with van der Waals surface area (Å²) in [5.41, 5.74) is 0.0926. The molecule has 4 rings (SSSR count). The number of ether oxygens (including phenoxy) is 1. The van der Waals surface area contributed by atoms with E-state index in [2.05, 4.69) is 10.5 Å². The molecule has 1 amide bonds. The van der Waals surface area contributed by atoms with Crippen LogP contribution in [0.3, 0.4) is 0 Å². The molecule has 1 aromatic heterocycles. The van der Waals surface area contributed by atoms with Gasteiger partial charge >= 0.3 is 0 Å². The fourth-order valence-corrected chi connectivity index (χ4v) is 5.40. The Hall–Kier alpha value is -3.07. The van der Waals surface area contributed by atoms with Crippen LogP contribution in [0.5, 0.6) is 0 Å². The summed E-state index contributed by atoms with van der Waals surface area (Å²) in [4.78, 5) is 27.1. The van der Waals surface area contributed by atoms with Gasteiger partial charge in [0.25, 0.3) is 5.69 Å². The van der Waals surface area contributed by atoms with Gasteiger partial charge in [0.2, 0.25) is 15.9 Å². The first-order valence-corrected chi connectivity index (χ1v) is 12.2. The minimum Gasteiger partial charge on any atom is -0.379 e. The number of rotatable bonds is 7. The number of carbonyl (C=O) groups excluding carboxylic acids is 1. The molecular weight excluding hydrogens is 468 g/mol. The van der Waals surface area contributed by atoms with Crippen LogP contribution in [-0.2, 0) is 19.6 Å². The topological polar surface area (TPSA) is 151 Å². The van der Waals surface area contributed by atoms with Gasteiger partial charge in [-0.2, -0.15) is 4.31 Å². The standard InChI is InChI=1S/C20H26N6O7S/c1-15-12-19(22-33-15)21-20(27)14-23-4-6-24(7-5-23)17-3-2-16(13-18(17)26(28)29)34(30,31)25-8-10-32-11-9-25/h2-3,12-13H,4-11,14H2,1H3,(H,21,22,27). The van der Waals surface area contributed by atoms with Gasteiger partial charge in [0.15, 0.2) is 5.82 Å². The van der Waals surface area contributed by atoms with Crippen LogP contribution >= 0.6 is 0 Å². The van der Waals surface area contributed by atoms with Crippen molar-refractivity contribution in [1.82, 2.24) is 14.4 Å². The summed E-state index contributed by atoms with van der Waals surface area (Å²) in [5, 5.41) is 18.2. The highest BCUT2D eigenvalue weighted by Gasteiger charge is 2.31. The van der Waals surface area contributed by atoms with Crippen molar-refractivity contribution < 1.29 is 27.4 Å². The maximum Gasteiger partial charge on any atom is 0.293 e. The van der Waals surface area contributed by atoms with E-state index < -0.39 is 14.9 Å². The van der Waals surface area contributed by atoms with Gasteiger partial charge in [-0.1, -0.05) is 5.16 Å². The monoisotopic (exact) mass is 494 g/mol. The molecule has 2 saturated heterocycles. The quantitative estimate of drug-likeness (QED) is 0.429. The Morgan fingerprint density at radius 1 is 1.15 bits per heavy atom. The fourth-order valence-electron chi connectivity index (χ4n) is 3.97. The fraction of sp³-hybridized carbons (Fsp3) is 0.500. The summed E-state index contributed by atoms with van der Waals surface area (Å²) in [5.74, 6) is 0.712. The average Bonchev–Trinajstić information content (AvgIpc) is 3.24. The summed E-state index contributed by atoms with van der Waals surface area (Å²) in [6.07, 6.45) is 0. The SMILES string of the molecule is Cc1cc(NC(=O)CN2CCN(c3ccc(S(=O)(=O)N4CCOCC4)cc3[N+](=O)[O-])CC2)no1. The molecule has 0 saturated carbocycles. The normalized spacial score (nSPS) is 18.1. The molecule has 0 spiro atoms. The lowest BCUT2D eigenvalue weighted by Crippen LogP contribution is -2.48. The zero-order valence-corrected chi connectivity index (χ0v) is 19.5. The summed E-state index contributed by atoms with van der Waals surface area (Å²) in [6, 6.07) is 5.64. The number of piperazine rings is 1. The summed E-state index contributed by atoms with van der Waals surface area (Å²) in [6.45, 7) is 4.81. The Balaban J connectivity index is 1.41. The number of aryl methyl sites for hydroxylation is 1. The molecule has 14 heteroatoms. The van der Waals surface area contributed by atoms with E-state index in [0.717, 1.165) is 6.07 Å². The third-order valence-electron chi connectivity index (χ3n) is 5.73. The van der Waals surface area contributed by atoms with Crippen LogP contribution < -0.4 is 10.2 Å². The highest BCUT2D eigenvalue weighted by molar-refractivity contribution is 7.89. The predicted molar refractivity (Wildman–Crippen MR) is 121 cm³/mol. The van der Waals surface area contributed by atoms with E-state index in [-0.39, 0.29) is 36.1 Å². The van der Waals surface area contributed by atoms with Crippen molar-refractivity contribution in [1.29, 1.82) is 0 Å². The van der Waals surface area contributed by atoms with Gasteiger partial charge in [-0.05, 0) is 19.1 Å². The van der Waals surface area contributed by atoms with E-state index in [1.165, 1.54) is 16.4 Å². The summed E-state index contributed by atoms with van der Waals surface area (Å²) < 4.78 is 37.2. The predicted octanol–water partition coefficient (Wildman–Crippen LogP) is 0.673. The van der Waals surface area contributed by atoms with Crippen LogP contribution in [0.4, 0.5) is 17.2 Å². The number of hydrogen-bond donors (Lipinski definition) is 1. The van der Waals surface area contributed by atoms with E-state index in [1.807, 2.05) is 9.80 Å². The first-order chi connectivity index (χ1) is 16.2. The summed E-state index contributed by atoms with van der Waals surface area (Å²) >= 11 is 0. The molecule has 34 heavy (non-hydrogen) atoms. The molecule has 13 nitrogen and oxygen atoms in total. The summed E-state index contributed by atoms with van der Waals surface area (Å²) in [7, 11) is -3.85. The minimum atomic E-state index is -3.85. The molecular formula is C20H26N6O7S. The number of nitrogens with one attached hydrogen (secondary N) is 1. The van der Waals surface area contributed by atoms with Gasteiger partial charge in [0.05, 0.1) is 29.6 Å². The first kappa shape index (κ1) is 24.1. The second kappa shape index (κ2) is 10.0. The molecule has 0 radical (unpaired) electrons. The molecule has 0 aliphatic carbocycles. The Morgan fingerprint density at radius 3 is 2.47 bits per heavy atom. The third kappa shape index (κ3) is 5.35. The maximum absolute atomic E-state index is 12.9. The molecule has 1 aromatic carbocycles. The average molecular weight is 495 g/mol. The van der Waals surface area contributed by atoms with E-state index in [9.17, 15) is 23.3 Å². The van der Waals surface area contributed by atoms with Crippen molar-refractivity contribution in [2.75, 3.05) is 69.2 Å². The van der Waals surface area contributed by atoms with Gasteiger partial charge in [-0.3, -0.25) is 19.8 Å². The smallest absolute Gasteiger partial charge is 0.293 e. The van der Waals surface area contributed by atoms with Crippen molar-refractivity contribution in [3.8, 4) is 0 Å². The van der Waals surface area contributed by atoms with Crippen molar-refractivity contribution in [3.05, 3.63) is 40.1 Å². The second-order valence-electron chi connectivity index (χ2n) is 8.06. The number of anilines is 2. The number of nitrogens with zero attached hydrogens (tertiary/aromatic N) is 5. The lowest BCUT2D eigenvalue weighted by Gasteiger charge is -2.35. The lowest BCUT2D eigenvalue weighted by molar-refractivity contribution is -0.384. The van der Waals surface area contributed by atoms with E-state index >= 15 is 0 Å². The second-order valence-corrected chi connectivity index (χ2v) is 10.00. The minimum absolute atomic E-state index is 0.108. The number of morpholine rings is 1. The van der Waals surface area contributed by atoms with Crippen LogP contribution in [0.25, 0.3) is 0 Å². The molecule has 2 aliphatic heterocycles. The number of hydrogen-bond acceptors (Lipinski definition) is 10. The molecule has 0 bridgehead atoms. The zero-order chi connectivity index (χ0) is 24.3. The third-order valence-corrected chi connectivity index (χ3v) is 7.62. The number of nitro groups is 1. The lowest BCUT2D eigenvalue weighted by atomic mass is 10.2. The number of sulfonamides is 1. The van der Waals surface area contributed by atoms with Gasteiger partial charge < -0.3 is 19.5 Å². The number of aromatic nitrogens is 1. The number of nitro benzene ring substituents is 1. The molecule has 3 heterocycles. The van der Waals surface area contributed by atoms with Crippen LogP contribution in [-0.4, -0.2) is 92.6 Å². The molecule has 0 atom stereocenters. The number of amides is 1. The van der Waals surface area contributed by atoms with Gasteiger partial charge in [0, 0.05) is 51.4 Å². The first-order valence-electron chi connectivity index (χ1n) is 10.8. The van der Waals surface area contributed by atoms with Gasteiger partial charge in [0.1, 0.15) is 11.4 Å². The zero-order valence-electron chi connectivity index (χ0n) is 18.7. The highest BCUT2D eigenvalue weighted by atomic mass is 32.2. The van der Waals surface area contributed by atoms with E-state index in [0.29, 0.717) is 56.7 Å². The van der Waals surface area contributed by atoms with Crippen molar-refractivity contribution in [2.45, 2.75) is 11.8 Å². The Morgan fingerprint density at radius 2 is 1.85 bits per heavy atom. The highest BCUT2D eigenvalue weighted by Crippen LogP contribution is 2.32. The van der Waals surface area contributed by atoms with Crippen LogP contribution in [0, 0.1) is 17.0 Å². The molecule has 2 aromatic rings. The van der Waals surface area contributed by atoms with E-state index in [4.69, 9.17) is 9.26 Å². The maximum atomic E-state index is 12.9. The Kier molecular flexibility index (Phi) is 7.11. The molecule has 2 fully saturated rings. The van der Waals surface area contributed by atoms with E-state index in [1.54, 1.807) is 13.0 Å². The number of benzene rings is 1. The van der Waals surface area contributed by atoms with Crippen LogP contribution in [0.2, 0.25) is 0 Å². The number of carbonyl (C=O) groups is 1. The van der Waals surface area contributed by atoms with Crippen LogP contribution in [0.1, 0.15) is 5.76 Å².